The van der Waals surface area contributed by atoms with Crippen LogP contribution in [0.2, 0.25) is 0 Å². The summed E-state index contributed by atoms with van der Waals surface area (Å²) in [5, 5.41) is 6.37. The third kappa shape index (κ3) is 3.19. The molecule has 2 aliphatic heterocycles. The van der Waals surface area contributed by atoms with E-state index in [1.54, 1.807) is 0 Å². The van der Waals surface area contributed by atoms with Crippen molar-refractivity contribution in [2.24, 2.45) is 0 Å². The molecule has 4 heteroatoms. The quantitative estimate of drug-likeness (QED) is 0.880. The SMILES string of the molecule is O=C(CNC1CCN2CCCCC12)Nc1ccccc1. The normalized spacial score (nSPS) is 26.2. The van der Waals surface area contributed by atoms with Crippen molar-refractivity contribution in [3.05, 3.63) is 30.3 Å². The van der Waals surface area contributed by atoms with Crippen molar-refractivity contribution in [3.63, 3.8) is 0 Å². The van der Waals surface area contributed by atoms with Gasteiger partial charge in [0.25, 0.3) is 0 Å². The number of para-hydroxylation sites is 1. The highest BCUT2D eigenvalue weighted by atomic mass is 16.1. The molecule has 1 aromatic rings. The van der Waals surface area contributed by atoms with E-state index in [0.29, 0.717) is 18.6 Å². The van der Waals surface area contributed by atoms with E-state index in [0.717, 1.165) is 5.69 Å². The monoisotopic (exact) mass is 273 g/mol. The van der Waals surface area contributed by atoms with E-state index < -0.39 is 0 Å². The van der Waals surface area contributed by atoms with Gasteiger partial charge in [0, 0.05) is 24.3 Å². The molecule has 4 nitrogen and oxygen atoms in total. The molecule has 3 rings (SSSR count). The second kappa shape index (κ2) is 6.37. The molecule has 2 heterocycles. The molecule has 0 radical (unpaired) electrons. The van der Waals surface area contributed by atoms with Crippen LogP contribution in [0.25, 0.3) is 0 Å². The topological polar surface area (TPSA) is 44.4 Å². The minimum Gasteiger partial charge on any atom is -0.325 e. The number of carbonyl (C=O) groups excluding carboxylic acids is 1. The Labute approximate surface area is 120 Å². The number of nitrogens with zero attached hydrogens (tertiary/aromatic N) is 1. The summed E-state index contributed by atoms with van der Waals surface area (Å²) in [6.45, 7) is 2.82. The van der Waals surface area contributed by atoms with Crippen LogP contribution in [0.5, 0.6) is 0 Å². The first kappa shape index (κ1) is 13.6. The molecular weight excluding hydrogens is 250 g/mol. The molecule has 2 aliphatic rings. The summed E-state index contributed by atoms with van der Waals surface area (Å²) in [7, 11) is 0. The fourth-order valence-electron chi connectivity index (χ4n) is 3.44. The van der Waals surface area contributed by atoms with E-state index >= 15 is 0 Å². The van der Waals surface area contributed by atoms with Crippen molar-refractivity contribution in [3.8, 4) is 0 Å². The van der Waals surface area contributed by atoms with Gasteiger partial charge in [-0.2, -0.15) is 0 Å². The highest BCUT2D eigenvalue weighted by molar-refractivity contribution is 5.92. The molecule has 0 aromatic heterocycles. The molecule has 2 saturated heterocycles. The number of benzene rings is 1. The van der Waals surface area contributed by atoms with Gasteiger partial charge in [-0.05, 0) is 37.9 Å². The summed E-state index contributed by atoms with van der Waals surface area (Å²) in [5.41, 5.74) is 0.866. The molecular formula is C16H23N3O. The Bertz CT molecular complexity index is 448. The van der Waals surface area contributed by atoms with Crippen LogP contribution in [-0.4, -0.2) is 42.5 Å². The highest BCUT2D eigenvalue weighted by Gasteiger charge is 2.35. The van der Waals surface area contributed by atoms with E-state index in [-0.39, 0.29) is 5.91 Å². The molecule has 0 spiro atoms. The molecule has 2 atom stereocenters. The Kier molecular flexibility index (Phi) is 4.33. The lowest BCUT2D eigenvalue weighted by molar-refractivity contribution is -0.115. The average Bonchev–Trinajstić information content (AvgIpc) is 2.89. The Morgan fingerprint density at radius 1 is 1.15 bits per heavy atom. The maximum absolute atomic E-state index is 11.9. The van der Waals surface area contributed by atoms with E-state index in [2.05, 4.69) is 15.5 Å². The van der Waals surface area contributed by atoms with Gasteiger partial charge in [0.15, 0.2) is 0 Å². The fourth-order valence-corrected chi connectivity index (χ4v) is 3.44. The largest absolute Gasteiger partial charge is 0.325 e. The highest BCUT2D eigenvalue weighted by Crippen LogP contribution is 2.26. The van der Waals surface area contributed by atoms with Gasteiger partial charge in [0.05, 0.1) is 6.54 Å². The number of hydrogen-bond donors (Lipinski definition) is 2. The van der Waals surface area contributed by atoms with Crippen LogP contribution in [0.3, 0.4) is 0 Å². The van der Waals surface area contributed by atoms with Crippen molar-refractivity contribution >= 4 is 11.6 Å². The minimum absolute atomic E-state index is 0.0467. The molecule has 0 saturated carbocycles. The van der Waals surface area contributed by atoms with Gasteiger partial charge in [-0.25, -0.2) is 0 Å². The first-order valence-electron chi connectivity index (χ1n) is 7.65. The number of anilines is 1. The third-order valence-electron chi connectivity index (χ3n) is 4.44. The zero-order valence-electron chi connectivity index (χ0n) is 11.8. The maximum atomic E-state index is 11.9. The number of carbonyl (C=O) groups is 1. The lowest BCUT2D eigenvalue weighted by Gasteiger charge is -2.32. The number of hydrogen-bond acceptors (Lipinski definition) is 3. The van der Waals surface area contributed by atoms with Gasteiger partial charge >= 0.3 is 0 Å². The Morgan fingerprint density at radius 3 is 2.85 bits per heavy atom. The van der Waals surface area contributed by atoms with Crippen LogP contribution in [-0.2, 0) is 4.79 Å². The summed E-state index contributed by atoms with van der Waals surface area (Å²) in [6.07, 6.45) is 5.11. The molecule has 0 bridgehead atoms. The summed E-state index contributed by atoms with van der Waals surface area (Å²) >= 11 is 0. The Balaban J connectivity index is 1.46. The average molecular weight is 273 g/mol. The van der Waals surface area contributed by atoms with Crippen LogP contribution in [0.15, 0.2) is 30.3 Å². The predicted octanol–water partition coefficient (Wildman–Crippen LogP) is 1.84. The van der Waals surface area contributed by atoms with Crippen LogP contribution in [0.4, 0.5) is 5.69 Å². The van der Waals surface area contributed by atoms with Crippen LogP contribution >= 0.6 is 0 Å². The van der Waals surface area contributed by atoms with Crippen molar-refractivity contribution in [2.75, 3.05) is 25.0 Å². The second-order valence-corrected chi connectivity index (χ2v) is 5.79. The molecule has 20 heavy (non-hydrogen) atoms. The summed E-state index contributed by atoms with van der Waals surface area (Å²) in [6, 6.07) is 10.8. The van der Waals surface area contributed by atoms with Gasteiger partial charge in [-0.3, -0.25) is 9.69 Å². The maximum Gasteiger partial charge on any atom is 0.238 e. The molecule has 108 valence electrons. The molecule has 2 unspecified atom stereocenters. The number of fused-ring (bicyclic) bond motifs is 1. The molecule has 1 amide bonds. The predicted molar refractivity (Wildman–Crippen MR) is 80.7 cm³/mol. The number of amides is 1. The molecule has 1 aromatic carbocycles. The fraction of sp³-hybridized carbons (Fsp3) is 0.562. The summed E-state index contributed by atoms with van der Waals surface area (Å²) in [4.78, 5) is 14.5. The van der Waals surface area contributed by atoms with E-state index in [9.17, 15) is 4.79 Å². The Morgan fingerprint density at radius 2 is 2.00 bits per heavy atom. The number of rotatable bonds is 4. The standard InChI is InChI=1S/C16H23N3O/c20-16(18-13-6-2-1-3-7-13)12-17-14-9-11-19-10-5-4-8-15(14)19/h1-3,6-7,14-15,17H,4-5,8-12H2,(H,18,20). The smallest absolute Gasteiger partial charge is 0.238 e. The molecule has 0 aliphatic carbocycles. The number of piperidine rings is 1. The van der Waals surface area contributed by atoms with E-state index in [1.807, 2.05) is 30.3 Å². The van der Waals surface area contributed by atoms with Gasteiger partial charge in [-0.1, -0.05) is 24.6 Å². The van der Waals surface area contributed by atoms with Crippen LogP contribution < -0.4 is 10.6 Å². The Hall–Kier alpha value is -1.39. The molecule has 2 N–H and O–H groups in total. The van der Waals surface area contributed by atoms with Gasteiger partial charge in [-0.15, -0.1) is 0 Å². The van der Waals surface area contributed by atoms with Crippen LogP contribution in [0, 0.1) is 0 Å². The lowest BCUT2D eigenvalue weighted by atomic mass is 9.99. The van der Waals surface area contributed by atoms with Crippen molar-refractivity contribution in [1.82, 2.24) is 10.2 Å². The first-order chi connectivity index (χ1) is 9.83. The summed E-state index contributed by atoms with van der Waals surface area (Å²) < 4.78 is 0. The van der Waals surface area contributed by atoms with Gasteiger partial charge in [0.2, 0.25) is 5.91 Å². The van der Waals surface area contributed by atoms with Crippen molar-refractivity contribution in [1.29, 1.82) is 0 Å². The summed E-state index contributed by atoms with van der Waals surface area (Å²) in [5.74, 6) is 0.0467. The van der Waals surface area contributed by atoms with E-state index in [1.165, 1.54) is 38.8 Å². The first-order valence-corrected chi connectivity index (χ1v) is 7.65. The van der Waals surface area contributed by atoms with Crippen LogP contribution in [0.1, 0.15) is 25.7 Å². The van der Waals surface area contributed by atoms with Gasteiger partial charge < -0.3 is 10.6 Å². The van der Waals surface area contributed by atoms with E-state index in [4.69, 9.17) is 0 Å². The number of nitrogens with one attached hydrogen (secondary N) is 2. The third-order valence-corrected chi connectivity index (χ3v) is 4.44. The molecule has 2 fully saturated rings. The lowest BCUT2D eigenvalue weighted by Crippen LogP contribution is -2.46. The second-order valence-electron chi connectivity index (χ2n) is 5.79. The minimum atomic E-state index is 0.0467. The van der Waals surface area contributed by atoms with Crippen molar-refractivity contribution in [2.45, 2.75) is 37.8 Å². The van der Waals surface area contributed by atoms with Gasteiger partial charge in [0.1, 0.15) is 0 Å². The van der Waals surface area contributed by atoms with Crippen molar-refractivity contribution < 1.29 is 4.79 Å². The zero-order valence-corrected chi connectivity index (χ0v) is 11.8. The zero-order chi connectivity index (χ0) is 13.8.